The summed E-state index contributed by atoms with van der Waals surface area (Å²) in [5.74, 6) is 0.543. The monoisotopic (exact) mass is 244 g/mol. The lowest BCUT2D eigenvalue weighted by molar-refractivity contribution is 1.000. The van der Waals surface area contributed by atoms with Crippen LogP contribution >= 0.6 is 11.3 Å². The van der Waals surface area contributed by atoms with Gasteiger partial charge in [-0.05, 0) is 24.6 Å². The number of rotatable bonds is 4. The quantitative estimate of drug-likeness (QED) is 0.898. The summed E-state index contributed by atoms with van der Waals surface area (Å²) in [6.45, 7) is 2.82. The van der Waals surface area contributed by atoms with Gasteiger partial charge in [-0.2, -0.15) is 10.4 Å². The van der Waals surface area contributed by atoms with Crippen molar-refractivity contribution in [2.45, 2.75) is 19.9 Å². The van der Waals surface area contributed by atoms with Crippen molar-refractivity contribution in [2.24, 2.45) is 0 Å². The van der Waals surface area contributed by atoms with Gasteiger partial charge >= 0.3 is 0 Å². The Morgan fingerprint density at radius 1 is 1.35 bits per heavy atom. The second kappa shape index (κ2) is 5.41. The first kappa shape index (κ1) is 11.6. The summed E-state index contributed by atoms with van der Waals surface area (Å²) in [6.07, 6.45) is 2.57. The summed E-state index contributed by atoms with van der Waals surface area (Å²) in [5.41, 5.74) is 0.521. The summed E-state index contributed by atoms with van der Waals surface area (Å²) in [5, 5.41) is 19.7. The molecule has 0 fully saturated rings. The van der Waals surface area contributed by atoms with E-state index >= 15 is 0 Å². The Morgan fingerprint density at radius 2 is 2.18 bits per heavy atom. The maximum atomic E-state index is 8.90. The number of aryl methyl sites for hydroxylation is 1. The third-order valence-corrected chi connectivity index (χ3v) is 3.57. The molecule has 0 spiro atoms. The molecule has 17 heavy (non-hydrogen) atoms. The van der Waals surface area contributed by atoms with Crippen molar-refractivity contribution in [3.05, 3.63) is 39.7 Å². The fraction of sp³-hybridized carbons (Fsp3) is 0.250. The van der Waals surface area contributed by atoms with E-state index in [1.54, 1.807) is 17.4 Å². The molecule has 0 aliphatic rings. The van der Waals surface area contributed by atoms with Crippen LogP contribution in [0.3, 0.4) is 0 Å². The molecule has 0 radical (unpaired) electrons. The van der Waals surface area contributed by atoms with E-state index in [4.69, 9.17) is 5.26 Å². The average molecular weight is 244 g/mol. The van der Waals surface area contributed by atoms with Crippen molar-refractivity contribution < 1.29 is 0 Å². The number of aromatic nitrogens is 2. The predicted octanol–water partition coefficient (Wildman–Crippen LogP) is 2.58. The summed E-state index contributed by atoms with van der Waals surface area (Å²) in [7, 11) is 0. The van der Waals surface area contributed by atoms with Crippen molar-refractivity contribution in [1.29, 1.82) is 5.26 Å². The van der Waals surface area contributed by atoms with E-state index in [9.17, 15) is 0 Å². The number of hydrogen-bond acceptors (Lipinski definition) is 5. The lowest BCUT2D eigenvalue weighted by Gasteiger charge is -2.03. The molecule has 0 bridgehead atoms. The highest BCUT2D eigenvalue weighted by atomic mass is 32.1. The Hall–Kier alpha value is -1.93. The molecule has 0 aliphatic heterocycles. The van der Waals surface area contributed by atoms with Gasteiger partial charge in [0, 0.05) is 9.75 Å². The van der Waals surface area contributed by atoms with Crippen molar-refractivity contribution in [2.75, 3.05) is 5.32 Å². The molecule has 0 amide bonds. The van der Waals surface area contributed by atoms with Gasteiger partial charge in [-0.3, -0.25) is 0 Å². The topological polar surface area (TPSA) is 61.6 Å². The summed E-state index contributed by atoms with van der Waals surface area (Å²) < 4.78 is 0. The Labute approximate surface area is 104 Å². The van der Waals surface area contributed by atoms with E-state index in [1.807, 2.05) is 0 Å². The van der Waals surface area contributed by atoms with Crippen LogP contribution in [0.1, 0.15) is 22.2 Å². The molecule has 1 N–H and O–H groups in total. The molecule has 0 aromatic carbocycles. The van der Waals surface area contributed by atoms with Crippen molar-refractivity contribution in [3.63, 3.8) is 0 Å². The van der Waals surface area contributed by atoms with Crippen LogP contribution in [0.25, 0.3) is 0 Å². The molecule has 0 atom stereocenters. The third-order valence-electron chi connectivity index (χ3n) is 2.34. The molecular formula is C12H12N4S. The molecule has 2 heterocycles. The van der Waals surface area contributed by atoms with E-state index in [1.165, 1.54) is 16.0 Å². The van der Waals surface area contributed by atoms with E-state index in [2.05, 4.69) is 40.6 Å². The van der Waals surface area contributed by atoms with Gasteiger partial charge in [0.25, 0.3) is 0 Å². The maximum Gasteiger partial charge on any atom is 0.166 e. The molecule has 2 aromatic heterocycles. The van der Waals surface area contributed by atoms with E-state index in [-0.39, 0.29) is 0 Å². The first-order chi connectivity index (χ1) is 8.33. The average Bonchev–Trinajstić information content (AvgIpc) is 2.84. The van der Waals surface area contributed by atoms with Crippen LogP contribution in [0.5, 0.6) is 0 Å². The zero-order chi connectivity index (χ0) is 12.1. The van der Waals surface area contributed by atoms with E-state index in [0.29, 0.717) is 17.9 Å². The standard InChI is InChI=1S/C12H12N4S/c1-2-10-3-4-11(17-10)8-14-12-9(7-13)5-6-15-16-12/h3-6H,2,8H2,1H3,(H,14,16). The van der Waals surface area contributed by atoms with Crippen LogP contribution in [0, 0.1) is 11.3 Å². The zero-order valence-electron chi connectivity index (χ0n) is 9.47. The Morgan fingerprint density at radius 3 is 2.88 bits per heavy atom. The van der Waals surface area contributed by atoms with Gasteiger partial charge in [0.15, 0.2) is 5.82 Å². The number of nitrogens with one attached hydrogen (secondary N) is 1. The molecule has 0 unspecified atom stereocenters. The van der Waals surface area contributed by atoms with Crippen LogP contribution in [-0.2, 0) is 13.0 Å². The normalized spacial score (nSPS) is 9.88. The molecule has 4 nitrogen and oxygen atoms in total. The number of nitrogens with zero attached hydrogens (tertiary/aromatic N) is 3. The van der Waals surface area contributed by atoms with Crippen LogP contribution in [-0.4, -0.2) is 10.2 Å². The minimum atomic E-state index is 0.521. The maximum absolute atomic E-state index is 8.90. The second-order valence-corrected chi connectivity index (χ2v) is 4.73. The molecule has 2 rings (SSSR count). The molecule has 2 aromatic rings. The third kappa shape index (κ3) is 2.80. The van der Waals surface area contributed by atoms with Gasteiger partial charge in [-0.25, -0.2) is 0 Å². The summed E-state index contributed by atoms with van der Waals surface area (Å²) in [4.78, 5) is 2.60. The highest BCUT2D eigenvalue weighted by molar-refractivity contribution is 7.12. The minimum absolute atomic E-state index is 0.521. The fourth-order valence-corrected chi connectivity index (χ4v) is 2.33. The van der Waals surface area contributed by atoms with Gasteiger partial charge < -0.3 is 5.32 Å². The lowest BCUT2D eigenvalue weighted by atomic mass is 10.3. The molecule has 86 valence electrons. The smallest absolute Gasteiger partial charge is 0.166 e. The molecule has 5 heteroatoms. The Bertz CT molecular complexity index is 541. The van der Waals surface area contributed by atoms with Crippen molar-refractivity contribution in [3.8, 4) is 6.07 Å². The van der Waals surface area contributed by atoms with E-state index < -0.39 is 0 Å². The van der Waals surface area contributed by atoms with Crippen LogP contribution in [0.4, 0.5) is 5.82 Å². The predicted molar refractivity (Wildman–Crippen MR) is 67.8 cm³/mol. The fourth-order valence-electron chi connectivity index (χ4n) is 1.43. The SMILES string of the molecule is CCc1ccc(CNc2nnccc2C#N)s1. The molecular weight excluding hydrogens is 232 g/mol. The van der Waals surface area contributed by atoms with Gasteiger partial charge in [-0.15, -0.1) is 16.4 Å². The van der Waals surface area contributed by atoms with Crippen molar-refractivity contribution >= 4 is 17.2 Å². The first-order valence-corrected chi connectivity index (χ1v) is 6.18. The molecule has 0 aliphatic carbocycles. The van der Waals surface area contributed by atoms with Crippen LogP contribution in [0.15, 0.2) is 24.4 Å². The summed E-state index contributed by atoms with van der Waals surface area (Å²) >= 11 is 1.77. The zero-order valence-corrected chi connectivity index (χ0v) is 10.3. The van der Waals surface area contributed by atoms with Crippen molar-refractivity contribution in [1.82, 2.24) is 10.2 Å². The lowest BCUT2D eigenvalue weighted by Crippen LogP contribution is -2.02. The Balaban J connectivity index is 2.05. The van der Waals surface area contributed by atoms with Gasteiger partial charge in [0.1, 0.15) is 6.07 Å². The Kier molecular flexibility index (Phi) is 3.68. The summed E-state index contributed by atoms with van der Waals surface area (Å²) in [6, 6.07) is 7.97. The number of nitriles is 1. The number of thiophene rings is 1. The minimum Gasteiger partial charge on any atom is -0.363 e. The number of anilines is 1. The highest BCUT2D eigenvalue weighted by Gasteiger charge is 2.04. The number of hydrogen-bond donors (Lipinski definition) is 1. The van der Waals surface area contributed by atoms with Crippen LogP contribution in [0.2, 0.25) is 0 Å². The van der Waals surface area contributed by atoms with Crippen LogP contribution < -0.4 is 5.32 Å². The molecule has 0 saturated heterocycles. The second-order valence-electron chi connectivity index (χ2n) is 3.48. The highest BCUT2D eigenvalue weighted by Crippen LogP contribution is 2.18. The van der Waals surface area contributed by atoms with Gasteiger partial charge in [0.2, 0.25) is 0 Å². The van der Waals surface area contributed by atoms with E-state index in [0.717, 1.165) is 6.42 Å². The van der Waals surface area contributed by atoms with Gasteiger partial charge in [-0.1, -0.05) is 6.92 Å². The largest absolute Gasteiger partial charge is 0.363 e. The first-order valence-electron chi connectivity index (χ1n) is 5.36. The van der Waals surface area contributed by atoms with Gasteiger partial charge in [0.05, 0.1) is 18.3 Å². The molecule has 0 saturated carbocycles.